The third kappa shape index (κ3) is 4.62. The minimum absolute atomic E-state index is 0.0130. The van der Waals surface area contributed by atoms with Gasteiger partial charge < -0.3 is 10.4 Å². The lowest BCUT2D eigenvalue weighted by Crippen LogP contribution is -2.39. The fourth-order valence-electron chi connectivity index (χ4n) is 3.35. The van der Waals surface area contributed by atoms with Crippen LogP contribution in [0.2, 0.25) is 0 Å². The van der Waals surface area contributed by atoms with Crippen LogP contribution in [-0.2, 0) is 14.8 Å². The molecule has 1 aliphatic heterocycles. The average Bonchev–Trinajstić information content (AvgIpc) is 3.21. The van der Waals surface area contributed by atoms with E-state index >= 15 is 0 Å². The molecule has 0 spiro atoms. The number of anilines is 1. The molecule has 1 saturated heterocycles. The fourth-order valence-corrected chi connectivity index (χ4v) is 4.83. The molecule has 10 heteroatoms. The first kappa shape index (κ1) is 22.2. The first-order valence-corrected chi connectivity index (χ1v) is 11.1. The van der Waals surface area contributed by atoms with Gasteiger partial charge in [0.2, 0.25) is 15.9 Å². The molecule has 1 amide bonds. The number of rotatable bonds is 7. The fraction of sp³-hybridized carbons (Fsp3) is 0.350. The van der Waals surface area contributed by atoms with E-state index < -0.39 is 22.0 Å². The summed E-state index contributed by atoms with van der Waals surface area (Å²) < 4.78 is 39.8. The molecule has 1 heterocycles. The number of carbonyl (C=O) groups is 1. The molecule has 1 aliphatic rings. The van der Waals surface area contributed by atoms with Gasteiger partial charge in [-0.05, 0) is 42.3 Å². The van der Waals surface area contributed by atoms with E-state index in [0.29, 0.717) is 19.5 Å². The van der Waals surface area contributed by atoms with Gasteiger partial charge in [-0.1, -0.05) is 26.0 Å². The molecule has 0 aromatic heterocycles. The van der Waals surface area contributed by atoms with Crippen LogP contribution in [0.4, 0.5) is 10.1 Å². The number of amides is 1. The van der Waals surface area contributed by atoms with E-state index in [4.69, 9.17) is 0 Å². The molecular weight excluding hydrogens is 411 g/mol. The summed E-state index contributed by atoms with van der Waals surface area (Å²) in [4.78, 5) is 12.6. The van der Waals surface area contributed by atoms with Crippen molar-refractivity contribution in [3.05, 3.63) is 53.8 Å². The van der Waals surface area contributed by atoms with Crippen molar-refractivity contribution in [2.45, 2.75) is 37.2 Å². The predicted molar refractivity (Wildman–Crippen MR) is 111 cm³/mol. The van der Waals surface area contributed by atoms with Gasteiger partial charge in [-0.3, -0.25) is 4.79 Å². The van der Waals surface area contributed by atoms with Crippen molar-refractivity contribution in [2.75, 3.05) is 18.4 Å². The van der Waals surface area contributed by atoms with Crippen molar-refractivity contribution >= 4 is 21.6 Å². The highest BCUT2D eigenvalue weighted by Gasteiger charge is 2.31. The number of carbonyl (C=O) groups excluding carboxylic acids is 1. The maximum absolute atomic E-state index is 13.1. The topological polar surface area (TPSA) is 111 Å². The molecule has 3 rings (SSSR count). The highest BCUT2D eigenvalue weighted by molar-refractivity contribution is 7.89. The molecular formula is C20H25FN4O4S. The monoisotopic (exact) mass is 436 g/mol. The average molecular weight is 437 g/mol. The highest BCUT2D eigenvalue weighted by Crippen LogP contribution is 2.29. The second-order valence-electron chi connectivity index (χ2n) is 6.94. The van der Waals surface area contributed by atoms with E-state index in [9.17, 15) is 22.7 Å². The lowest BCUT2D eigenvalue weighted by atomic mass is 10.0. The molecule has 2 aromatic rings. The number of nitrogens with one attached hydrogen (secondary N) is 3. The predicted octanol–water partition coefficient (Wildman–Crippen LogP) is 2.11. The summed E-state index contributed by atoms with van der Waals surface area (Å²) in [6.07, 6.45) is 0.398. The molecule has 0 bridgehead atoms. The quantitative estimate of drug-likeness (QED) is 0.495. The van der Waals surface area contributed by atoms with Gasteiger partial charge in [-0.2, -0.15) is 4.31 Å². The van der Waals surface area contributed by atoms with Crippen molar-refractivity contribution in [3.8, 4) is 5.75 Å². The second-order valence-corrected chi connectivity index (χ2v) is 8.88. The zero-order chi connectivity index (χ0) is 21.9. The van der Waals surface area contributed by atoms with E-state index in [1.165, 1.54) is 34.6 Å². The Morgan fingerprint density at radius 2 is 1.83 bits per heavy atom. The van der Waals surface area contributed by atoms with Crippen LogP contribution in [0.25, 0.3) is 0 Å². The number of phenolic OH excluding ortho intramolecular Hbond substituents is 1. The Bertz CT molecular complexity index is 1010. The van der Waals surface area contributed by atoms with E-state index in [2.05, 4.69) is 16.2 Å². The largest absolute Gasteiger partial charge is 0.506 e. The first-order chi connectivity index (χ1) is 14.3. The summed E-state index contributed by atoms with van der Waals surface area (Å²) in [7, 11) is -3.73. The maximum Gasteiger partial charge on any atom is 0.243 e. The lowest BCUT2D eigenvalue weighted by molar-refractivity contribution is -0.117. The SMILES string of the molecule is CCN(CC)S(=O)(=O)c1ccc(O)c(NC(=O)C2CC(c3ccc(F)cc3)NN2)c1. The number of hydrogen-bond donors (Lipinski definition) is 4. The van der Waals surface area contributed by atoms with Gasteiger partial charge in [0.1, 0.15) is 17.6 Å². The number of halogens is 1. The van der Waals surface area contributed by atoms with Crippen LogP contribution in [0.5, 0.6) is 5.75 Å². The van der Waals surface area contributed by atoms with Crippen LogP contribution < -0.4 is 16.2 Å². The highest BCUT2D eigenvalue weighted by atomic mass is 32.2. The number of sulfonamides is 1. The van der Waals surface area contributed by atoms with Crippen molar-refractivity contribution in [1.29, 1.82) is 0 Å². The number of benzene rings is 2. The van der Waals surface area contributed by atoms with Gasteiger partial charge in [0.15, 0.2) is 0 Å². The van der Waals surface area contributed by atoms with Gasteiger partial charge >= 0.3 is 0 Å². The van der Waals surface area contributed by atoms with E-state index in [1.807, 2.05) is 0 Å². The second kappa shape index (κ2) is 9.09. The van der Waals surface area contributed by atoms with Gasteiger partial charge in [0.25, 0.3) is 0 Å². The van der Waals surface area contributed by atoms with Gasteiger partial charge in [0, 0.05) is 19.1 Å². The lowest BCUT2D eigenvalue weighted by Gasteiger charge is -2.19. The van der Waals surface area contributed by atoms with Gasteiger partial charge in [0.05, 0.1) is 10.6 Å². The van der Waals surface area contributed by atoms with Gasteiger partial charge in [-0.15, -0.1) is 0 Å². The zero-order valence-electron chi connectivity index (χ0n) is 16.7. The summed E-state index contributed by atoms with van der Waals surface area (Å²) in [5.41, 5.74) is 6.71. The van der Waals surface area contributed by atoms with Crippen molar-refractivity contribution in [3.63, 3.8) is 0 Å². The third-order valence-corrected chi connectivity index (χ3v) is 7.11. The molecule has 0 aliphatic carbocycles. The number of hydrogen-bond acceptors (Lipinski definition) is 6. The number of nitrogens with zero attached hydrogens (tertiary/aromatic N) is 1. The van der Waals surface area contributed by atoms with E-state index in [1.54, 1.807) is 26.0 Å². The Hall–Kier alpha value is -2.53. The Labute approximate surface area is 175 Å². The van der Waals surface area contributed by atoms with Crippen molar-refractivity contribution in [1.82, 2.24) is 15.2 Å². The van der Waals surface area contributed by atoms with Crippen LogP contribution in [0.1, 0.15) is 31.9 Å². The molecule has 30 heavy (non-hydrogen) atoms. The molecule has 2 unspecified atom stereocenters. The van der Waals surface area contributed by atoms with Crippen LogP contribution in [0.15, 0.2) is 47.4 Å². The van der Waals surface area contributed by atoms with Gasteiger partial charge in [-0.25, -0.2) is 23.7 Å². The van der Waals surface area contributed by atoms with Crippen molar-refractivity contribution < 1.29 is 22.7 Å². The summed E-state index contributed by atoms with van der Waals surface area (Å²) in [6, 6.07) is 8.97. The smallest absolute Gasteiger partial charge is 0.243 e. The summed E-state index contributed by atoms with van der Waals surface area (Å²) in [6.45, 7) is 4.09. The Morgan fingerprint density at radius 3 is 2.47 bits per heavy atom. The van der Waals surface area contributed by atoms with E-state index in [-0.39, 0.29) is 28.2 Å². The third-order valence-electron chi connectivity index (χ3n) is 5.06. The molecule has 4 N–H and O–H groups in total. The van der Waals surface area contributed by atoms with Crippen LogP contribution in [0, 0.1) is 5.82 Å². The number of phenols is 1. The molecule has 0 radical (unpaired) electrons. The van der Waals surface area contributed by atoms with Crippen molar-refractivity contribution in [2.24, 2.45) is 0 Å². The Morgan fingerprint density at radius 1 is 1.17 bits per heavy atom. The minimum atomic E-state index is -3.73. The molecule has 162 valence electrons. The zero-order valence-corrected chi connectivity index (χ0v) is 17.5. The Balaban J connectivity index is 1.73. The normalized spacial score (nSPS) is 19.2. The standard InChI is InChI=1S/C20H25FN4O4S/c1-3-25(4-2)30(28,29)15-9-10-19(26)17(11-15)22-20(27)18-12-16(23-24-18)13-5-7-14(21)8-6-13/h5-11,16,18,23-24,26H,3-4,12H2,1-2H3,(H,22,27). The summed E-state index contributed by atoms with van der Waals surface area (Å²) in [5.74, 6) is -1.00. The summed E-state index contributed by atoms with van der Waals surface area (Å²) >= 11 is 0. The molecule has 2 atom stereocenters. The molecule has 8 nitrogen and oxygen atoms in total. The van der Waals surface area contributed by atoms with Crippen LogP contribution in [0.3, 0.4) is 0 Å². The Kier molecular flexibility index (Phi) is 6.71. The molecule has 0 saturated carbocycles. The molecule has 1 fully saturated rings. The first-order valence-electron chi connectivity index (χ1n) is 9.66. The summed E-state index contributed by atoms with van der Waals surface area (Å²) in [5, 5.41) is 12.7. The number of hydrazine groups is 1. The molecule has 2 aromatic carbocycles. The minimum Gasteiger partial charge on any atom is -0.506 e. The van der Waals surface area contributed by atoms with E-state index in [0.717, 1.165) is 5.56 Å². The van der Waals surface area contributed by atoms with Crippen LogP contribution in [-0.4, -0.2) is 42.9 Å². The number of aromatic hydroxyl groups is 1. The maximum atomic E-state index is 13.1. The van der Waals surface area contributed by atoms with Crippen LogP contribution >= 0.6 is 0 Å².